The summed E-state index contributed by atoms with van der Waals surface area (Å²) in [6.45, 7) is 2.01. The molecule has 1 amide bonds. The number of hydrogen-bond donors (Lipinski definition) is 2. The number of aryl methyl sites for hydroxylation is 1. The van der Waals surface area contributed by atoms with Crippen LogP contribution in [0, 0.1) is 10.5 Å². The van der Waals surface area contributed by atoms with Crippen molar-refractivity contribution in [3.05, 3.63) is 32.9 Å². The zero-order valence-corrected chi connectivity index (χ0v) is 12.0. The Labute approximate surface area is 115 Å². The molecule has 92 valence electrons. The van der Waals surface area contributed by atoms with Crippen molar-refractivity contribution in [1.82, 2.24) is 5.32 Å². The number of carbonyl (C=O) groups excluding carboxylic acids is 1. The first-order valence-electron chi connectivity index (χ1n) is 5.91. The lowest BCUT2D eigenvalue weighted by Crippen LogP contribution is -2.44. The van der Waals surface area contributed by atoms with Crippen LogP contribution in [0.15, 0.2) is 18.2 Å². The SMILES string of the molecule is Cc1cccc(C(=O)NC2CCCC2N)c1I. The Kier molecular flexibility index (Phi) is 4.04. The van der Waals surface area contributed by atoms with Crippen LogP contribution in [0.5, 0.6) is 0 Å². The number of carbonyl (C=O) groups is 1. The van der Waals surface area contributed by atoms with Gasteiger partial charge in [-0.1, -0.05) is 12.1 Å². The van der Waals surface area contributed by atoms with Crippen LogP contribution in [-0.4, -0.2) is 18.0 Å². The van der Waals surface area contributed by atoms with Crippen LogP contribution in [-0.2, 0) is 0 Å². The predicted molar refractivity (Wildman–Crippen MR) is 77.0 cm³/mol. The molecule has 3 N–H and O–H groups in total. The standard InChI is InChI=1S/C13H17IN2O/c1-8-4-2-5-9(12(8)14)13(17)16-11-7-3-6-10(11)15/h2,4-5,10-11H,3,6-7,15H2,1H3,(H,16,17). The summed E-state index contributed by atoms with van der Waals surface area (Å²) in [5.41, 5.74) is 7.84. The van der Waals surface area contributed by atoms with Crippen LogP contribution in [0.3, 0.4) is 0 Å². The second-order valence-corrected chi connectivity index (χ2v) is 5.69. The lowest BCUT2D eigenvalue weighted by atomic mass is 10.1. The molecular formula is C13H17IN2O. The molecule has 2 atom stereocenters. The summed E-state index contributed by atoms with van der Waals surface area (Å²) in [4.78, 5) is 12.1. The van der Waals surface area contributed by atoms with Crippen molar-refractivity contribution in [1.29, 1.82) is 0 Å². The van der Waals surface area contributed by atoms with E-state index in [1.165, 1.54) is 0 Å². The quantitative estimate of drug-likeness (QED) is 0.809. The van der Waals surface area contributed by atoms with E-state index in [2.05, 4.69) is 27.9 Å². The number of halogens is 1. The van der Waals surface area contributed by atoms with E-state index in [9.17, 15) is 4.79 Å². The van der Waals surface area contributed by atoms with Crippen LogP contribution >= 0.6 is 22.6 Å². The molecule has 4 heteroatoms. The summed E-state index contributed by atoms with van der Waals surface area (Å²) < 4.78 is 1.02. The molecule has 2 rings (SSSR count). The molecular weight excluding hydrogens is 327 g/mol. The van der Waals surface area contributed by atoms with Gasteiger partial charge in [-0.05, 0) is 60.4 Å². The van der Waals surface area contributed by atoms with Crippen molar-refractivity contribution < 1.29 is 4.79 Å². The molecule has 3 nitrogen and oxygen atoms in total. The first-order valence-corrected chi connectivity index (χ1v) is 6.99. The van der Waals surface area contributed by atoms with Crippen LogP contribution in [0.1, 0.15) is 35.2 Å². The molecule has 1 aromatic rings. The van der Waals surface area contributed by atoms with Gasteiger partial charge in [-0.25, -0.2) is 0 Å². The molecule has 1 aliphatic rings. The monoisotopic (exact) mass is 344 g/mol. The van der Waals surface area contributed by atoms with Gasteiger partial charge in [0.05, 0.1) is 5.56 Å². The van der Waals surface area contributed by atoms with E-state index in [4.69, 9.17) is 5.73 Å². The number of amides is 1. The van der Waals surface area contributed by atoms with Gasteiger partial charge in [-0.15, -0.1) is 0 Å². The first-order chi connectivity index (χ1) is 8.09. The minimum Gasteiger partial charge on any atom is -0.348 e. The van der Waals surface area contributed by atoms with Gasteiger partial charge in [0, 0.05) is 15.7 Å². The maximum atomic E-state index is 12.1. The van der Waals surface area contributed by atoms with Crippen molar-refractivity contribution in [3.8, 4) is 0 Å². The van der Waals surface area contributed by atoms with Crippen molar-refractivity contribution in [3.63, 3.8) is 0 Å². The van der Waals surface area contributed by atoms with Gasteiger partial charge in [-0.3, -0.25) is 4.79 Å². The Hall–Kier alpha value is -0.620. The predicted octanol–water partition coefficient (Wildman–Crippen LogP) is 2.21. The van der Waals surface area contributed by atoms with E-state index in [1.807, 2.05) is 25.1 Å². The zero-order valence-electron chi connectivity index (χ0n) is 9.87. The van der Waals surface area contributed by atoms with Crippen LogP contribution in [0.25, 0.3) is 0 Å². The minimum atomic E-state index is 0.000417. The Morgan fingerprint density at radius 1 is 1.47 bits per heavy atom. The Balaban J connectivity index is 2.12. The number of hydrogen-bond acceptors (Lipinski definition) is 2. The maximum absolute atomic E-state index is 12.1. The molecule has 2 unspecified atom stereocenters. The smallest absolute Gasteiger partial charge is 0.252 e. The van der Waals surface area contributed by atoms with Gasteiger partial charge < -0.3 is 11.1 Å². The van der Waals surface area contributed by atoms with Gasteiger partial charge in [0.1, 0.15) is 0 Å². The van der Waals surface area contributed by atoms with E-state index in [-0.39, 0.29) is 18.0 Å². The second-order valence-electron chi connectivity index (χ2n) is 4.61. The Morgan fingerprint density at radius 3 is 2.88 bits per heavy atom. The lowest BCUT2D eigenvalue weighted by molar-refractivity contribution is 0.0933. The maximum Gasteiger partial charge on any atom is 0.252 e. The fourth-order valence-corrected chi connectivity index (χ4v) is 2.84. The molecule has 0 aromatic heterocycles. The molecule has 0 aliphatic heterocycles. The van der Waals surface area contributed by atoms with E-state index in [0.29, 0.717) is 0 Å². The van der Waals surface area contributed by atoms with E-state index < -0.39 is 0 Å². The van der Waals surface area contributed by atoms with E-state index in [1.54, 1.807) is 0 Å². The first kappa shape index (κ1) is 12.8. The largest absolute Gasteiger partial charge is 0.348 e. The molecule has 0 radical (unpaired) electrons. The number of benzene rings is 1. The van der Waals surface area contributed by atoms with Crippen LogP contribution in [0.2, 0.25) is 0 Å². The summed E-state index contributed by atoms with van der Waals surface area (Å²) in [6.07, 6.45) is 3.11. The molecule has 1 aromatic carbocycles. The molecule has 17 heavy (non-hydrogen) atoms. The van der Waals surface area contributed by atoms with Gasteiger partial charge in [0.25, 0.3) is 5.91 Å². The average Bonchev–Trinajstić information content (AvgIpc) is 2.68. The molecule has 0 heterocycles. The normalized spacial score (nSPS) is 23.7. The highest BCUT2D eigenvalue weighted by molar-refractivity contribution is 14.1. The lowest BCUT2D eigenvalue weighted by Gasteiger charge is -2.18. The van der Waals surface area contributed by atoms with Crippen molar-refractivity contribution in [2.45, 2.75) is 38.3 Å². The summed E-state index contributed by atoms with van der Waals surface area (Å²) in [6, 6.07) is 6.05. The van der Waals surface area contributed by atoms with Gasteiger partial charge in [0.15, 0.2) is 0 Å². The van der Waals surface area contributed by atoms with Gasteiger partial charge in [0.2, 0.25) is 0 Å². The van der Waals surface area contributed by atoms with Crippen molar-refractivity contribution in [2.24, 2.45) is 5.73 Å². The van der Waals surface area contributed by atoms with Crippen molar-refractivity contribution in [2.75, 3.05) is 0 Å². The Bertz CT molecular complexity index is 433. The highest BCUT2D eigenvalue weighted by Crippen LogP contribution is 2.20. The Morgan fingerprint density at radius 2 is 2.24 bits per heavy atom. The molecule has 0 bridgehead atoms. The minimum absolute atomic E-state index is 0.000417. The topological polar surface area (TPSA) is 55.1 Å². The van der Waals surface area contributed by atoms with Crippen molar-refractivity contribution >= 4 is 28.5 Å². The van der Waals surface area contributed by atoms with Crippen LogP contribution < -0.4 is 11.1 Å². The fourth-order valence-electron chi connectivity index (χ4n) is 2.24. The van der Waals surface area contributed by atoms with E-state index >= 15 is 0 Å². The fraction of sp³-hybridized carbons (Fsp3) is 0.462. The average molecular weight is 344 g/mol. The zero-order chi connectivity index (χ0) is 12.4. The van der Waals surface area contributed by atoms with Crippen LogP contribution in [0.4, 0.5) is 0 Å². The molecule has 0 spiro atoms. The summed E-state index contributed by atoms with van der Waals surface area (Å²) in [5.74, 6) is 0.000417. The molecule has 0 saturated heterocycles. The van der Waals surface area contributed by atoms with E-state index in [0.717, 1.165) is 34.0 Å². The summed E-state index contributed by atoms with van der Waals surface area (Å²) in [5, 5.41) is 3.04. The third-order valence-electron chi connectivity index (χ3n) is 3.32. The molecule has 1 saturated carbocycles. The molecule has 1 fully saturated rings. The number of nitrogens with two attached hydrogens (primary N) is 1. The van der Waals surface area contributed by atoms with Gasteiger partial charge >= 0.3 is 0 Å². The highest BCUT2D eigenvalue weighted by Gasteiger charge is 2.26. The molecule has 1 aliphatic carbocycles. The summed E-state index contributed by atoms with van der Waals surface area (Å²) in [7, 11) is 0. The number of rotatable bonds is 2. The van der Waals surface area contributed by atoms with Gasteiger partial charge in [-0.2, -0.15) is 0 Å². The summed E-state index contributed by atoms with van der Waals surface area (Å²) >= 11 is 2.22. The second kappa shape index (κ2) is 5.35. The third kappa shape index (κ3) is 2.80. The number of nitrogens with one attached hydrogen (secondary N) is 1. The highest BCUT2D eigenvalue weighted by atomic mass is 127. The third-order valence-corrected chi connectivity index (χ3v) is 4.75.